The van der Waals surface area contributed by atoms with Crippen LogP contribution in [-0.2, 0) is 4.74 Å². The molecule has 0 unspecified atom stereocenters. The van der Waals surface area contributed by atoms with E-state index in [1.807, 2.05) is 26.0 Å². The first-order chi connectivity index (χ1) is 14.8. The Morgan fingerprint density at radius 2 is 1.84 bits per heavy atom. The maximum atomic E-state index is 14.1. The lowest BCUT2D eigenvalue weighted by atomic mass is 9.97. The summed E-state index contributed by atoms with van der Waals surface area (Å²) in [5.41, 5.74) is 7.70. The highest BCUT2D eigenvalue weighted by molar-refractivity contribution is 5.93. The molecule has 8 heteroatoms. The number of aromatic nitrogens is 1. The molecule has 2 amide bonds. The summed E-state index contributed by atoms with van der Waals surface area (Å²) in [5.74, 6) is -0.709. The predicted octanol–water partition coefficient (Wildman–Crippen LogP) is 4.46. The third-order valence-corrected chi connectivity index (χ3v) is 5.41. The number of amides is 2. The molecule has 7 nitrogen and oxygen atoms in total. The van der Waals surface area contributed by atoms with Gasteiger partial charge in [0, 0.05) is 19.0 Å². The standard InChI is InChI=1S/C23H24FN3O4/c1-13(2)30-23(29)27-9-7-14(8-10-27)22-26-19-6-4-16(12-20(19)31-22)15-3-5-17(21(25)28)18(24)11-15/h3-6,11-14H,7-10H2,1-2H3,(H2,25,28). The van der Waals surface area contributed by atoms with Crippen LogP contribution in [0.5, 0.6) is 0 Å². The van der Waals surface area contributed by atoms with Gasteiger partial charge in [-0.15, -0.1) is 0 Å². The molecule has 1 saturated heterocycles. The van der Waals surface area contributed by atoms with Crippen molar-refractivity contribution < 1.29 is 23.1 Å². The highest BCUT2D eigenvalue weighted by Gasteiger charge is 2.28. The van der Waals surface area contributed by atoms with Crippen LogP contribution < -0.4 is 5.73 Å². The minimum Gasteiger partial charge on any atom is -0.447 e. The third-order valence-electron chi connectivity index (χ3n) is 5.41. The Hall–Kier alpha value is -3.42. The molecule has 1 fully saturated rings. The Labute approximate surface area is 179 Å². The third kappa shape index (κ3) is 4.38. The second-order valence-electron chi connectivity index (χ2n) is 7.99. The van der Waals surface area contributed by atoms with Gasteiger partial charge in [0.15, 0.2) is 11.5 Å². The lowest BCUT2D eigenvalue weighted by Crippen LogP contribution is -2.39. The molecule has 0 saturated carbocycles. The number of halogens is 1. The molecule has 2 heterocycles. The van der Waals surface area contributed by atoms with E-state index in [1.165, 1.54) is 12.1 Å². The quantitative estimate of drug-likeness (QED) is 0.666. The number of fused-ring (bicyclic) bond motifs is 1. The number of rotatable bonds is 4. The molecule has 1 aliphatic heterocycles. The SMILES string of the molecule is CC(C)OC(=O)N1CCC(c2nc3ccc(-c4ccc(C(N)=O)c(F)c4)cc3o2)CC1. The number of oxazole rings is 1. The van der Waals surface area contributed by atoms with Gasteiger partial charge in [-0.3, -0.25) is 4.79 Å². The Morgan fingerprint density at radius 1 is 1.16 bits per heavy atom. The van der Waals surface area contributed by atoms with E-state index in [1.54, 1.807) is 17.0 Å². The number of hydrogen-bond acceptors (Lipinski definition) is 5. The molecule has 0 atom stereocenters. The van der Waals surface area contributed by atoms with Crippen molar-refractivity contribution in [1.82, 2.24) is 9.88 Å². The molecule has 162 valence electrons. The summed E-state index contributed by atoms with van der Waals surface area (Å²) >= 11 is 0. The van der Waals surface area contributed by atoms with Gasteiger partial charge in [-0.25, -0.2) is 14.2 Å². The number of nitrogens with two attached hydrogens (primary N) is 1. The fourth-order valence-electron chi connectivity index (χ4n) is 3.78. The smallest absolute Gasteiger partial charge is 0.410 e. The second-order valence-corrected chi connectivity index (χ2v) is 7.99. The summed E-state index contributed by atoms with van der Waals surface area (Å²) in [7, 11) is 0. The van der Waals surface area contributed by atoms with Crippen molar-refractivity contribution in [1.29, 1.82) is 0 Å². The van der Waals surface area contributed by atoms with Gasteiger partial charge in [0.05, 0.1) is 11.7 Å². The van der Waals surface area contributed by atoms with Gasteiger partial charge >= 0.3 is 6.09 Å². The molecular weight excluding hydrogens is 401 g/mol. The monoisotopic (exact) mass is 425 g/mol. The first-order valence-electron chi connectivity index (χ1n) is 10.3. The molecule has 3 aromatic rings. The number of carbonyl (C=O) groups excluding carboxylic acids is 2. The Kier molecular flexibility index (Phi) is 5.63. The molecule has 4 rings (SSSR count). The molecular formula is C23H24FN3O4. The van der Waals surface area contributed by atoms with E-state index in [9.17, 15) is 14.0 Å². The van der Waals surface area contributed by atoms with Crippen LogP contribution in [-0.4, -0.2) is 41.1 Å². The normalized spacial score (nSPS) is 14.9. The van der Waals surface area contributed by atoms with E-state index in [2.05, 4.69) is 4.98 Å². The Morgan fingerprint density at radius 3 is 2.48 bits per heavy atom. The van der Waals surface area contributed by atoms with Crippen molar-refractivity contribution in [2.45, 2.75) is 38.7 Å². The Balaban J connectivity index is 1.50. The maximum absolute atomic E-state index is 14.1. The summed E-state index contributed by atoms with van der Waals surface area (Å²) in [6, 6.07) is 9.77. The van der Waals surface area contributed by atoms with Crippen molar-refractivity contribution in [2.75, 3.05) is 13.1 Å². The van der Waals surface area contributed by atoms with Crippen molar-refractivity contribution in [3.8, 4) is 11.1 Å². The van der Waals surface area contributed by atoms with Crippen LogP contribution in [0.1, 0.15) is 48.9 Å². The Bertz CT molecular complexity index is 1130. The number of ether oxygens (including phenoxy) is 1. The lowest BCUT2D eigenvalue weighted by molar-refractivity contribution is 0.0681. The highest BCUT2D eigenvalue weighted by Crippen LogP contribution is 2.32. The number of carbonyl (C=O) groups is 2. The zero-order chi connectivity index (χ0) is 22.1. The fraction of sp³-hybridized carbons (Fsp3) is 0.348. The van der Waals surface area contributed by atoms with Gasteiger partial charge in [-0.1, -0.05) is 12.1 Å². The van der Waals surface area contributed by atoms with Gasteiger partial charge < -0.3 is 19.8 Å². The fourth-order valence-corrected chi connectivity index (χ4v) is 3.78. The number of piperidine rings is 1. The van der Waals surface area contributed by atoms with Gasteiger partial charge in [-0.2, -0.15) is 0 Å². The molecule has 0 aliphatic carbocycles. The molecule has 0 radical (unpaired) electrons. The summed E-state index contributed by atoms with van der Waals surface area (Å²) in [6.45, 7) is 4.84. The van der Waals surface area contributed by atoms with Gasteiger partial charge in [0.25, 0.3) is 5.91 Å². The molecule has 0 bridgehead atoms. The number of nitrogens with zero attached hydrogens (tertiary/aromatic N) is 2. The van der Waals surface area contributed by atoms with Crippen molar-refractivity contribution in [3.05, 3.63) is 53.7 Å². The molecule has 1 aromatic heterocycles. The van der Waals surface area contributed by atoms with E-state index >= 15 is 0 Å². The van der Waals surface area contributed by atoms with Crippen LogP contribution in [0.3, 0.4) is 0 Å². The number of hydrogen-bond donors (Lipinski definition) is 1. The molecule has 2 N–H and O–H groups in total. The minimum atomic E-state index is -0.803. The van der Waals surface area contributed by atoms with Gasteiger partial charge in [-0.05, 0) is 62.1 Å². The second kappa shape index (κ2) is 8.37. The van der Waals surface area contributed by atoms with Crippen LogP contribution in [0.15, 0.2) is 40.8 Å². The van der Waals surface area contributed by atoms with Crippen molar-refractivity contribution in [3.63, 3.8) is 0 Å². The largest absolute Gasteiger partial charge is 0.447 e. The summed E-state index contributed by atoms with van der Waals surface area (Å²) in [6.07, 6.45) is 1.06. The number of primary amides is 1. The van der Waals surface area contributed by atoms with Crippen LogP contribution in [0.4, 0.5) is 9.18 Å². The van der Waals surface area contributed by atoms with Crippen LogP contribution in [0, 0.1) is 5.82 Å². The topological polar surface area (TPSA) is 98.7 Å². The minimum absolute atomic E-state index is 0.117. The van der Waals surface area contributed by atoms with E-state index < -0.39 is 11.7 Å². The molecule has 31 heavy (non-hydrogen) atoms. The zero-order valence-electron chi connectivity index (χ0n) is 17.4. The van der Waals surface area contributed by atoms with E-state index in [0.29, 0.717) is 30.1 Å². The summed E-state index contributed by atoms with van der Waals surface area (Å²) in [4.78, 5) is 29.6. The summed E-state index contributed by atoms with van der Waals surface area (Å²) in [5, 5.41) is 0. The number of benzene rings is 2. The first-order valence-corrected chi connectivity index (χ1v) is 10.3. The predicted molar refractivity (Wildman–Crippen MR) is 113 cm³/mol. The van der Waals surface area contributed by atoms with Crippen LogP contribution in [0.25, 0.3) is 22.2 Å². The molecule has 0 spiro atoms. The summed E-state index contributed by atoms with van der Waals surface area (Å²) < 4.78 is 25.4. The highest BCUT2D eigenvalue weighted by atomic mass is 19.1. The van der Waals surface area contributed by atoms with Gasteiger partial charge in [0.2, 0.25) is 0 Å². The average Bonchev–Trinajstić information content (AvgIpc) is 3.16. The molecule has 2 aromatic carbocycles. The van der Waals surface area contributed by atoms with E-state index in [0.717, 1.165) is 23.9 Å². The number of likely N-dealkylation sites (tertiary alicyclic amines) is 1. The molecule has 1 aliphatic rings. The van der Waals surface area contributed by atoms with Crippen LogP contribution >= 0.6 is 0 Å². The average molecular weight is 425 g/mol. The van der Waals surface area contributed by atoms with E-state index in [-0.39, 0.29) is 23.7 Å². The zero-order valence-corrected chi connectivity index (χ0v) is 17.4. The van der Waals surface area contributed by atoms with E-state index in [4.69, 9.17) is 14.9 Å². The lowest BCUT2D eigenvalue weighted by Gasteiger charge is -2.30. The van der Waals surface area contributed by atoms with Gasteiger partial charge in [0.1, 0.15) is 11.3 Å². The van der Waals surface area contributed by atoms with Crippen molar-refractivity contribution in [2.24, 2.45) is 5.73 Å². The van der Waals surface area contributed by atoms with Crippen molar-refractivity contribution >= 4 is 23.1 Å². The van der Waals surface area contributed by atoms with Crippen LogP contribution in [0.2, 0.25) is 0 Å². The maximum Gasteiger partial charge on any atom is 0.410 e. The first kappa shape index (κ1) is 20.8.